The number of nitrogens with zero attached hydrogens (tertiary/aromatic N) is 1. The largest absolute Gasteiger partial charge is 0.464 e. The molecule has 1 saturated heterocycles. The summed E-state index contributed by atoms with van der Waals surface area (Å²) in [5.74, 6) is 0.430. The maximum Gasteiger partial charge on any atom is 0.332 e. The molecule has 0 spiro atoms. The van der Waals surface area contributed by atoms with E-state index in [0.717, 1.165) is 18.4 Å². The number of hydrogen-bond donors (Lipinski definition) is 0. The van der Waals surface area contributed by atoms with E-state index in [9.17, 15) is 9.59 Å². The molecule has 4 nitrogen and oxygen atoms in total. The Balaban J connectivity index is 1.90. The van der Waals surface area contributed by atoms with Crippen LogP contribution in [0.1, 0.15) is 38.7 Å². The summed E-state index contributed by atoms with van der Waals surface area (Å²) in [5, 5.41) is 0. The number of benzene rings is 1. The van der Waals surface area contributed by atoms with Gasteiger partial charge in [-0.05, 0) is 37.7 Å². The number of amides is 1. The Morgan fingerprint density at radius 1 is 1.30 bits per heavy atom. The van der Waals surface area contributed by atoms with Crippen LogP contribution in [0.4, 0.5) is 0 Å². The van der Waals surface area contributed by atoms with Gasteiger partial charge >= 0.3 is 5.97 Å². The first-order chi connectivity index (χ1) is 11.1. The molecule has 2 aliphatic rings. The number of carbonyl (C=O) groups is 2. The van der Waals surface area contributed by atoms with Crippen LogP contribution in [0, 0.1) is 11.8 Å². The Morgan fingerprint density at radius 3 is 2.61 bits per heavy atom. The lowest BCUT2D eigenvalue weighted by atomic mass is 9.87. The first kappa shape index (κ1) is 16.0. The number of likely N-dealkylation sites (tertiary alicyclic amines) is 1. The van der Waals surface area contributed by atoms with Gasteiger partial charge in [0.25, 0.3) is 0 Å². The highest BCUT2D eigenvalue weighted by Gasteiger charge is 2.54. The molecule has 23 heavy (non-hydrogen) atoms. The minimum atomic E-state index is -0.823. The van der Waals surface area contributed by atoms with Gasteiger partial charge in [0.1, 0.15) is 5.54 Å². The van der Waals surface area contributed by atoms with Gasteiger partial charge in [-0.1, -0.05) is 37.3 Å². The topological polar surface area (TPSA) is 46.6 Å². The summed E-state index contributed by atoms with van der Waals surface area (Å²) in [6.07, 6.45) is 3.03. The van der Waals surface area contributed by atoms with Crippen molar-refractivity contribution in [3.63, 3.8) is 0 Å². The van der Waals surface area contributed by atoms with Gasteiger partial charge in [-0.2, -0.15) is 0 Å². The molecule has 0 unspecified atom stereocenters. The molecule has 1 saturated carbocycles. The van der Waals surface area contributed by atoms with E-state index in [2.05, 4.69) is 6.92 Å². The first-order valence-corrected chi connectivity index (χ1v) is 8.61. The molecular weight excluding hydrogens is 290 g/mol. The zero-order valence-electron chi connectivity index (χ0n) is 14.0. The minimum Gasteiger partial charge on any atom is -0.464 e. The van der Waals surface area contributed by atoms with Gasteiger partial charge in [-0.15, -0.1) is 0 Å². The van der Waals surface area contributed by atoms with Gasteiger partial charge in [-0.25, -0.2) is 4.79 Å². The zero-order valence-corrected chi connectivity index (χ0v) is 14.0. The maximum atomic E-state index is 12.9. The van der Waals surface area contributed by atoms with Crippen molar-refractivity contribution >= 4 is 11.9 Å². The molecule has 1 heterocycles. The van der Waals surface area contributed by atoms with Crippen LogP contribution >= 0.6 is 0 Å². The standard InChI is InChI=1S/C19H25NO3/c1-3-23-18(22)19(13-15-8-5-4-6-9-15)10-7-11-20(19)17(21)16-12-14(16)2/h4-6,8-9,14,16H,3,7,10-13H2,1-2H3/t14-,16-,19+/m0/s1. The third-order valence-electron chi connectivity index (χ3n) is 5.18. The van der Waals surface area contributed by atoms with E-state index in [0.29, 0.717) is 31.9 Å². The highest BCUT2D eigenvalue weighted by Crippen LogP contribution is 2.43. The quantitative estimate of drug-likeness (QED) is 0.785. The molecule has 4 heteroatoms. The molecule has 2 fully saturated rings. The molecule has 0 N–H and O–H groups in total. The van der Waals surface area contributed by atoms with Crippen molar-refractivity contribution in [1.29, 1.82) is 0 Å². The molecule has 1 aromatic rings. The van der Waals surface area contributed by atoms with Crippen molar-refractivity contribution in [3.8, 4) is 0 Å². The molecule has 0 aromatic heterocycles. The summed E-state index contributed by atoms with van der Waals surface area (Å²) in [7, 11) is 0. The molecule has 3 rings (SSSR count). The normalized spacial score (nSPS) is 29.4. The molecular formula is C19H25NO3. The van der Waals surface area contributed by atoms with E-state index in [1.807, 2.05) is 42.2 Å². The zero-order chi connectivity index (χ0) is 16.4. The van der Waals surface area contributed by atoms with E-state index in [4.69, 9.17) is 4.74 Å². The van der Waals surface area contributed by atoms with Crippen LogP contribution in [-0.2, 0) is 20.7 Å². The molecule has 1 aliphatic carbocycles. The van der Waals surface area contributed by atoms with Gasteiger partial charge in [-0.3, -0.25) is 4.79 Å². The Bertz CT molecular complexity index is 586. The monoisotopic (exact) mass is 315 g/mol. The lowest BCUT2D eigenvalue weighted by Crippen LogP contribution is -2.56. The highest BCUT2D eigenvalue weighted by molar-refractivity contribution is 5.91. The average Bonchev–Trinajstić information content (AvgIpc) is 3.13. The van der Waals surface area contributed by atoms with E-state index in [-0.39, 0.29) is 17.8 Å². The fourth-order valence-corrected chi connectivity index (χ4v) is 3.73. The predicted octanol–water partition coefficient (Wildman–Crippen LogP) is 2.81. The summed E-state index contributed by atoms with van der Waals surface area (Å²) >= 11 is 0. The van der Waals surface area contributed by atoms with E-state index in [1.54, 1.807) is 0 Å². The molecule has 0 bridgehead atoms. The van der Waals surface area contributed by atoms with Crippen LogP contribution in [0.3, 0.4) is 0 Å². The van der Waals surface area contributed by atoms with Crippen molar-refractivity contribution in [2.45, 2.75) is 45.1 Å². The Labute approximate surface area is 137 Å². The fourth-order valence-electron chi connectivity index (χ4n) is 3.73. The second kappa shape index (κ2) is 6.34. The van der Waals surface area contributed by atoms with Crippen LogP contribution in [0.5, 0.6) is 0 Å². The van der Waals surface area contributed by atoms with E-state index < -0.39 is 5.54 Å². The van der Waals surface area contributed by atoms with E-state index in [1.165, 1.54) is 0 Å². The second-order valence-corrected chi connectivity index (χ2v) is 6.83. The summed E-state index contributed by atoms with van der Waals surface area (Å²) in [5.41, 5.74) is 0.251. The first-order valence-electron chi connectivity index (χ1n) is 8.61. The van der Waals surface area contributed by atoms with Gasteiger partial charge < -0.3 is 9.64 Å². The van der Waals surface area contributed by atoms with Gasteiger partial charge in [0.2, 0.25) is 5.91 Å². The number of rotatable bonds is 5. The van der Waals surface area contributed by atoms with E-state index >= 15 is 0 Å². The summed E-state index contributed by atoms with van der Waals surface area (Å²) in [6, 6.07) is 9.93. The average molecular weight is 315 g/mol. The van der Waals surface area contributed by atoms with Crippen LogP contribution in [0.2, 0.25) is 0 Å². The summed E-state index contributed by atoms with van der Waals surface area (Å²) in [6.45, 7) is 4.92. The van der Waals surface area contributed by atoms with Crippen LogP contribution in [-0.4, -0.2) is 35.5 Å². The van der Waals surface area contributed by atoms with Gasteiger partial charge in [0.05, 0.1) is 6.61 Å². The molecule has 0 radical (unpaired) electrons. The predicted molar refractivity (Wildman–Crippen MR) is 87.7 cm³/mol. The van der Waals surface area contributed by atoms with Gasteiger partial charge in [0.15, 0.2) is 0 Å². The number of carbonyl (C=O) groups excluding carboxylic acids is 2. The minimum absolute atomic E-state index is 0.0951. The molecule has 1 amide bonds. The molecule has 1 aromatic carbocycles. The third kappa shape index (κ3) is 2.99. The molecule has 124 valence electrons. The number of esters is 1. The summed E-state index contributed by atoms with van der Waals surface area (Å²) < 4.78 is 5.38. The van der Waals surface area contributed by atoms with Crippen molar-refractivity contribution in [2.75, 3.05) is 13.2 Å². The van der Waals surface area contributed by atoms with Crippen molar-refractivity contribution in [3.05, 3.63) is 35.9 Å². The van der Waals surface area contributed by atoms with Crippen LogP contribution in [0.25, 0.3) is 0 Å². The number of hydrogen-bond acceptors (Lipinski definition) is 3. The lowest BCUT2D eigenvalue weighted by Gasteiger charge is -2.36. The Kier molecular flexibility index (Phi) is 4.42. The lowest BCUT2D eigenvalue weighted by molar-refractivity contribution is -0.162. The second-order valence-electron chi connectivity index (χ2n) is 6.83. The Morgan fingerprint density at radius 2 is 2.00 bits per heavy atom. The van der Waals surface area contributed by atoms with Crippen LogP contribution in [0.15, 0.2) is 30.3 Å². The maximum absolute atomic E-state index is 12.9. The SMILES string of the molecule is CCOC(=O)[C@]1(Cc2ccccc2)CCCN1C(=O)[C@H]1C[C@@H]1C. The Hall–Kier alpha value is -1.84. The number of ether oxygens (including phenoxy) is 1. The van der Waals surface area contributed by atoms with Crippen molar-refractivity contribution in [1.82, 2.24) is 4.90 Å². The molecule has 1 aliphatic heterocycles. The van der Waals surface area contributed by atoms with Crippen LogP contribution < -0.4 is 0 Å². The van der Waals surface area contributed by atoms with Crippen molar-refractivity contribution in [2.24, 2.45) is 11.8 Å². The fraction of sp³-hybridized carbons (Fsp3) is 0.579. The molecule has 3 atom stereocenters. The summed E-state index contributed by atoms with van der Waals surface area (Å²) in [4.78, 5) is 27.5. The van der Waals surface area contributed by atoms with Crippen molar-refractivity contribution < 1.29 is 14.3 Å². The smallest absolute Gasteiger partial charge is 0.332 e. The highest BCUT2D eigenvalue weighted by atomic mass is 16.5. The van der Waals surface area contributed by atoms with Gasteiger partial charge in [0, 0.05) is 18.9 Å². The third-order valence-corrected chi connectivity index (χ3v) is 5.18.